The number of nitrogens with zero attached hydrogens (tertiary/aromatic N) is 1. The number of methoxy groups -OCH3 is 2. The van der Waals surface area contributed by atoms with Crippen LogP contribution in [0.25, 0.3) is 0 Å². The first kappa shape index (κ1) is 16.6. The highest BCUT2D eigenvalue weighted by atomic mass is 16.5. The van der Waals surface area contributed by atoms with Crippen LogP contribution in [0.15, 0.2) is 18.2 Å². The van der Waals surface area contributed by atoms with Crippen LogP contribution in [0.5, 0.6) is 11.5 Å². The van der Waals surface area contributed by atoms with Gasteiger partial charge in [0, 0.05) is 19.6 Å². The van der Waals surface area contributed by atoms with Crippen molar-refractivity contribution in [2.75, 3.05) is 33.9 Å². The molecule has 1 aliphatic heterocycles. The van der Waals surface area contributed by atoms with Crippen molar-refractivity contribution in [2.24, 2.45) is 5.92 Å². The Morgan fingerprint density at radius 2 is 2.09 bits per heavy atom. The molecule has 0 radical (unpaired) electrons. The van der Waals surface area contributed by atoms with E-state index in [1.54, 1.807) is 14.2 Å². The normalized spacial score (nSPS) is 18.1. The summed E-state index contributed by atoms with van der Waals surface area (Å²) >= 11 is 0. The van der Waals surface area contributed by atoms with Crippen molar-refractivity contribution in [3.63, 3.8) is 0 Å². The van der Waals surface area contributed by atoms with Crippen LogP contribution in [0.3, 0.4) is 0 Å². The molecule has 0 spiro atoms. The van der Waals surface area contributed by atoms with Gasteiger partial charge in [0.15, 0.2) is 11.5 Å². The second-order valence-corrected chi connectivity index (χ2v) is 5.88. The SMILES string of the molecule is COc1ccc(CNCC(=O)N2CCCC(C)C2)cc1OC. The summed E-state index contributed by atoms with van der Waals surface area (Å²) in [7, 11) is 3.24. The number of hydrogen-bond donors (Lipinski definition) is 1. The molecule has 1 fully saturated rings. The second kappa shape index (κ2) is 8.03. The monoisotopic (exact) mass is 306 g/mol. The molecule has 1 N–H and O–H groups in total. The smallest absolute Gasteiger partial charge is 0.236 e. The number of nitrogens with one attached hydrogen (secondary N) is 1. The van der Waals surface area contributed by atoms with E-state index in [1.165, 1.54) is 6.42 Å². The topological polar surface area (TPSA) is 50.8 Å². The minimum Gasteiger partial charge on any atom is -0.493 e. The van der Waals surface area contributed by atoms with Crippen molar-refractivity contribution >= 4 is 5.91 Å². The third-order valence-corrected chi connectivity index (χ3v) is 4.06. The third-order valence-electron chi connectivity index (χ3n) is 4.06. The van der Waals surface area contributed by atoms with Gasteiger partial charge in [-0.05, 0) is 36.5 Å². The maximum absolute atomic E-state index is 12.2. The van der Waals surface area contributed by atoms with Crippen molar-refractivity contribution in [3.8, 4) is 11.5 Å². The summed E-state index contributed by atoms with van der Waals surface area (Å²) in [5, 5.41) is 3.21. The number of carbonyl (C=O) groups excluding carboxylic acids is 1. The van der Waals surface area contributed by atoms with Gasteiger partial charge in [-0.2, -0.15) is 0 Å². The predicted octanol–water partition coefficient (Wildman–Crippen LogP) is 2.05. The zero-order chi connectivity index (χ0) is 15.9. The van der Waals surface area contributed by atoms with Gasteiger partial charge in [-0.1, -0.05) is 13.0 Å². The van der Waals surface area contributed by atoms with Crippen molar-refractivity contribution in [1.82, 2.24) is 10.2 Å². The van der Waals surface area contributed by atoms with Crippen molar-refractivity contribution in [1.29, 1.82) is 0 Å². The largest absolute Gasteiger partial charge is 0.493 e. The van der Waals surface area contributed by atoms with Crippen molar-refractivity contribution in [2.45, 2.75) is 26.3 Å². The maximum atomic E-state index is 12.2. The van der Waals surface area contributed by atoms with Gasteiger partial charge in [0.05, 0.1) is 20.8 Å². The summed E-state index contributed by atoms with van der Waals surface area (Å²) < 4.78 is 10.5. The molecule has 1 amide bonds. The number of rotatable bonds is 6. The lowest BCUT2D eigenvalue weighted by molar-refractivity contribution is -0.131. The Morgan fingerprint density at radius 3 is 2.77 bits per heavy atom. The van der Waals surface area contributed by atoms with Gasteiger partial charge in [0.1, 0.15) is 0 Å². The highest BCUT2D eigenvalue weighted by Gasteiger charge is 2.20. The highest BCUT2D eigenvalue weighted by molar-refractivity contribution is 5.78. The Balaban J connectivity index is 1.82. The quantitative estimate of drug-likeness (QED) is 0.874. The Bertz CT molecular complexity index is 505. The molecule has 0 bridgehead atoms. The zero-order valence-corrected chi connectivity index (χ0v) is 13.7. The van der Waals surface area contributed by atoms with Crippen LogP contribution in [0, 0.1) is 5.92 Å². The molecule has 0 saturated carbocycles. The van der Waals surface area contributed by atoms with Crippen LogP contribution in [0.1, 0.15) is 25.3 Å². The molecular formula is C17H26N2O3. The third kappa shape index (κ3) is 4.37. The molecule has 2 rings (SSSR count). The van der Waals surface area contributed by atoms with Gasteiger partial charge < -0.3 is 19.7 Å². The lowest BCUT2D eigenvalue weighted by atomic mass is 10.0. The first-order valence-electron chi connectivity index (χ1n) is 7.83. The molecular weight excluding hydrogens is 280 g/mol. The van der Waals surface area contributed by atoms with Gasteiger partial charge >= 0.3 is 0 Å². The van der Waals surface area contributed by atoms with Gasteiger partial charge in [-0.3, -0.25) is 4.79 Å². The lowest BCUT2D eigenvalue weighted by Gasteiger charge is -2.31. The average Bonchev–Trinajstić information content (AvgIpc) is 2.54. The Hall–Kier alpha value is -1.75. The molecule has 5 nitrogen and oxygen atoms in total. The van der Waals surface area contributed by atoms with E-state index < -0.39 is 0 Å². The van der Waals surface area contributed by atoms with Crippen LogP contribution >= 0.6 is 0 Å². The minimum absolute atomic E-state index is 0.187. The number of benzene rings is 1. The molecule has 122 valence electrons. The summed E-state index contributed by atoms with van der Waals surface area (Å²) in [6.45, 7) is 4.99. The predicted molar refractivity (Wildman–Crippen MR) is 86.2 cm³/mol. The van der Waals surface area contributed by atoms with Crippen molar-refractivity contribution < 1.29 is 14.3 Å². The zero-order valence-electron chi connectivity index (χ0n) is 13.7. The number of carbonyl (C=O) groups is 1. The maximum Gasteiger partial charge on any atom is 0.236 e. The lowest BCUT2D eigenvalue weighted by Crippen LogP contribution is -2.43. The number of likely N-dealkylation sites (tertiary alicyclic amines) is 1. The van der Waals surface area contributed by atoms with Crippen LogP contribution in [-0.2, 0) is 11.3 Å². The van der Waals surface area contributed by atoms with Crippen LogP contribution in [-0.4, -0.2) is 44.7 Å². The Morgan fingerprint density at radius 1 is 1.32 bits per heavy atom. The van der Waals surface area contributed by atoms with Gasteiger partial charge in [-0.15, -0.1) is 0 Å². The van der Waals surface area contributed by atoms with Crippen LogP contribution in [0.2, 0.25) is 0 Å². The second-order valence-electron chi connectivity index (χ2n) is 5.88. The average molecular weight is 306 g/mol. The van der Waals surface area contributed by atoms with Crippen LogP contribution in [0.4, 0.5) is 0 Å². The van der Waals surface area contributed by atoms with E-state index in [0.717, 1.165) is 25.1 Å². The van der Waals surface area contributed by atoms with Gasteiger partial charge in [-0.25, -0.2) is 0 Å². The van der Waals surface area contributed by atoms with E-state index in [-0.39, 0.29) is 5.91 Å². The van der Waals surface area contributed by atoms with Crippen molar-refractivity contribution in [3.05, 3.63) is 23.8 Å². The Kier molecular flexibility index (Phi) is 6.07. The molecule has 1 atom stereocenters. The first-order chi connectivity index (χ1) is 10.6. The fourth-order valence-electron chi connectivity index (χ4n) is 2.83. The van der Waals surface area contributed by atoms with E-state index in [0.29, 0.717) is 30.5 Å². The number of amides is 1. The molecule has 1 heterocycles. The van der Waals surface area contributed by atoms with E-state index in [1.807, 2.05) is 23.1 Å². The molecule has 1 aliphatic rings. The molecule has 0 aliphatic carbocycles. The van der Waals surface area contributed by atoms with E-state index in [2.05, 4.69) is 12.2 Å². The summed E-state index contributed by atoms with van der Waals surface area (Å²) in [6.07, 6.45) is 2.34. The first-order valence-corrected chi connectivity index (χ1v) is 7.83. The molecule has 0 aromatic heterocycles. The fraction of sp³-hybridized carbons (Fsp3) is 0.588. The van der Waals surface area contributed by atoms with Gasteiger partial charge in [0.2, 0.25) is 5.91 Å². The molecule has 1 aromatic rings. The molecule has 5 heteroatoms. The number of ether oxygens (including phenoxy) is 2. The molecule has 1 saturated heterocycles. The number of piperidine rings is 1. The minimum atomic E-state index is 0.187. The summed E-state index contributed by atoms with van der Waals surface area (Å²) in [6, 6.07) is 5.78. The van der Waals surface area contributed by atoms with E-state index in [9.17, 15) is 4.79 Å². The standard InChI is InChI=1S/C17H26N2O3/c1-13-5-4-8-19(12-13)17(20)11-18-10-14-6-7-15(21-2)16(9-14)22-3/h6-7,9,13,18H,4-5,8,10-12H2,1-3H3. The summed E-state index contributed by atoms with van der Waals surface area (Å²) in [4.78, 5) is 14.1. The Labute approximate surface area is 132 Å². The molecule has 1 aromatic carbocycles. The molecule has 22 heavy (non-hydrogen) atoms. The van der Waals surface area contributed by atoms with Crippen LogP contribution < -0.4 is 14.8 Å². The van der Waals surface area contributed by atoms with Gasteiger partial charge in [0.25, 0.3) is 0 Å². The van der Waals surface area contributed by atoms with E-state index in [4.69, 9.17) is 9.47 Å². The van der Waals surface area contributed by atoms with E-state index >= 15 is 0 Å². The summed E-state index contributed by atoms with van der Waals surface area (Å²) in [5.74, 6) is 2.22. The summed E-state index contributed by atoms with van der Waals surface area (Å²) in [5.41, 5.74) is 1.07. The molecule has 1 unspecified atom stereocenters. The fourth-order valence-corrected chi connectivity index (χ4v) is 2.83. The number of hydrogen-bond acceptors (Lipinski definition) is 4. The highest BCUT2D eigenvalue weighted by Crippen LogP contribution is 2.27.